The van der Waals surface area contributed by atoms with Gasteiger partial charge < -0.3 is 16.8 Å². The van der Waals surface area contributed by atoms with Crippen LogP contribution in [0.1, 0.15) is 20.3 Å². The smallest absolute Gasteiger partial charge is 0.237 e. The predicted octanol–water partition coefficient (Wildman–Crippen LogP) is -0.482. The third-order valence-corrected chi connectivity index (χ3v) is 2.13. The van der Waals surface area contributed by atoms with Gasteiger partial charge in [-0.05, 0) is 20.3 Å². The van der Waals surface area contributed by atoms with Crippen molar-refractivity contribution in [1.29, 1.82) is 0 Å². The molecule has 0 aromatic heterocycles. The molecular formula is C10H19N3O2. The SMILES string of the molecule is C=CCC(N)C(=O)NCC(C)(C)C(N)=O. The van der Waals surface area contributed by atoms with Crippen molar-refractivity contribution in [3.63, 3.8) is 0 Å². The van der Waals surface area contributed by atoms with E-state index in [9.17, 15) is 9.59 Å². The van der Waals surface area contributed by atoms with E-state index in [0.717, 1.165) is 0 Å². The Morgan fingerprint density at radius 3 is 2.47 bits per heavy atom. The summed E-state index contributed by atoms with van der Waals surface area (Å²) in [5.74, 6) is -0.760. The van der Waals surface area contributed by atoms with Gasteiger partial charge in [0.15, 0.2) is 0 Å². The summed E-state index contributed by atoms with van der Waals surface area (Å²) in [6, 6.07) is -0.619. The van der Waals surface area contributed by atoms with Crippen LogP contribution in [-0.4, -0.2) is 24.4 Å². The molecule has 86 valence electrons. The van der Waals surface area contributed by atoms with E-state index in [2.05, 4.69) is 11.9 Å². The van der Waals surface area contributed by atoms with Crippen LogP contribution in [0.3, 0.4) is 0 Å². The van der Waals surface area contributed by atoms with Crippen molar-refractivity contribution >= 4 is 11.8 Å². The summed E-state index contributed by atoms with van der Waals surface area (Å²) in [6.07, 6.45) is 1.98. The van der Waals surface area contributed by atoms with E-state index in [1.165, 1.54) is 0 Å². The van der Waals surface area contributed by atoms with Gasteiger partial charge in [0.25, 0.3) is 0 Å². The second-order valence-electron chi connectivity index (χ2n) is 4.10. The Hall–Kier alpha value is -1.36. The summed E-state index contributed by atoms with van der Waals surface area (Å²) in [5.41, 5.74) is 9.93. The van der Waals surface area contributed by atoms with E-state index in [1.54, 1.807) is 19.9 Å². The fourth-order valence-corrected chi connectivity index (χ4v) is 0.813. The van der Waals surface area contributed by atoms with Crippen LogP contribution in [0, 0.1) is 5.41 Å². The number of primary amides is 1. The number of carbonyl (C=O) groups excluding carboxylic acids is 2. The van der Waals surface area contributed by atoms with Crippen LogP contribution in [0.25, 0.3) is 0 Å². The Balaban J connectivity index is 4.11. The van der Waals surface area contributed by atoms with Gasteiger partial charge in [-0.25, -0.2) is 0 Å². The van der Waals surface area contributed by atoms with Crippen LogP contribution in [0.15, 0.2) is 12.7 Å². The quantitative estimate of drug-likeness (QED) is 0.519. The maximum atomic E-state index is 11.4. The molecule has 0 aliphatic carbocycles. The highest BCUT2D eigenvalue weighted by atomic mass is 16.2. The molecule has 0 spiro atoms. The zero-order chi connectivity index (χ0) is 12.1. The number of nitrogens with two attached hydrogens (primary N) is 2. The third kappa shape index (κ3) is 4.60. The molecular weight excluding hydrogens is 194 g/mol. The van der Waals surface area contributed by atoms with Gasteiger partial charge in [0.05, 0.1) is 11.5 Å². The van der Waals surface area contributed by atoms with Crippen molar-refractivity contribution in [2.75, 3.05) is 6.54 Å². The van der Waals surface area contributed by atoms with Crippen molar-refractivity contribution in [1.82, 2.24) is 5.32 Å². The Bertz CT molecular complexity index is 261. The number of amides is 2. The van der Waals surface area contributed by atoms with Crippen molar-refractivity contribution in [3.8, 4) is 0 Å². The predicted molar refractivity (Wildman–Crippen MR) is 58.8 cm³/mol. The van der Waals surface area contributed by atoms with Crippen molar-refractivity contribution in [2.24, 2.45) is 16.9 Å². The molecule has 1 unspecified atom stereocenters. The van der Waals surface area contributed by atoms with Crippen LogP contribution < -0.4 is 16.8 Å². The van der Waals surface area contributed by atoms with Gasteiger partial charge >= 0.3 is 0 Å². The highest BCUT2D eigenvalue weighted by Crippen LogP contribution is 2.11. The second kappa shape index (κ2) is 5.50. The number of carbonyl (C=O) groups is 2. The molecule has 0 heterocycles. The van der Waals surface area contributed by atoms with E-state index in [4.69, 9.17) is 11.5 Å². The maximum Gasteiger partial charge on any atom is 0.237 e. The van der Waals surface area contributed by atoms with Gasteiger partial charge in [-0.2, -0.15) is 0 Å². The van der Waals surface area contributed by atoms with Crippen LogP contribution in [-0.2, 0) is 9.59 Å². The van der Waals surface area contributed by atoms with E-state index in [-0.39, 0.29) is 12.5 Å². The topological polar surface area (TPSA) is 98.2 Å². The summed E-state index contributed by atoms with van der Waals surface area (Å²) in [6.45, 7) is 7.00. The molecule has 0 saturated carbocycles. The molecule has 0 bridgehead atoms. The Labute approximate surface area is 89.9 Å². The summed E-state index contributed by atoms with van der Waals surface area (Å²) in [5, 5.41) is 2.58. The van der Waals surface area contributed by atoms with Gasteiger partial charge in [-0.1, -0.05) is 6.08 Å². The van der Waals surface area contributed by atoms with Crippen molar-refractivity contribution in [2.45, 2.75) is 26.3 Å². The fourth-order valence-electron chi connectivity index (χ4n) is 0.813. The molecule has 0 aliphatic rings. The lowest BCUT2D eigenvalue weighted by Crippen LogP contribution is -2.47. The number of rotatable bonds is 6. The van der Waals surface area contributed by atoms with Gasteiger partial charge in [-0.3, -0.25) is 9.59 Å². The Kier molecular flexibility index (Phi) is 5.00. The molecule has 15 heavy (non-hydrogen) atoms. The monoisotopic (exact) mass is 213 g/mol. The van der Waals surface area contributed by atoms with E-state index in [1.807, 2.05) is 0 Å². The van der Waals surface area contributed by atoms with Crippen molar-refractivity contribution < 1.29 is 9.59 Å². The maximum absolute atomic E-state index is 11.4. The minimum Gasteiger partial charge on any atom is -0.369 e. The van der Waals surface area contributed by atoms with Crippen molar-refractivity contribution in [3.05, 3.63) is 12.7 Å². The summed E-state index contributed by atoms with van der Waals surface area (Å²) < 4.78 is 0. The average Bonchev–Trinajstić information content (AvgIpc) is 2.14. The van der Waals surface area contributed by atoms with E-state index >= 15 is 0 Å². The average molecular weight is 213 g/mol. The van der Waals surface area contributed by atoms with Gasteiger partial charge in [-0.15, -0.1) is 6.58 Å². The first-order chi connectivity index (χ1) is 6.81. The van der Waals surface area contributed by atoms with Crippen LogP contribution in [0.4, 0.5) is 0 Å². The lowest BCUT2D eigenvalue weighted by atomic mass is 9.92. The molecule has 0 radical (unpaired) electrons. The first-order valence-electron chi connectivity index (χ1n) is 4.75. The lowest BCUT2D eigenvalue weighted by Gasteiger charge is -2.21. The largest absolute Gasteiger partial charge is 0.369 e. The highest BCUT2D eigenvalue weighted by molar-refractivity contribution is 5.84. The molecule has 0 rings (SSSR count). The molecule has 5 heteroatoms. The van der Waals surface area contributed by atoms with Crippen LogP contribution in [0.2, 0.25) is 0 Å². The highest BCUT2D eigenvalue weighted by Gasteiger charge is 2.26. The normalized spacial score (nSPS) is 13.0. The molecule has 0 fully saturated rings. The lowest BCUT2D eigenvalue weighted by molar-refractivity contribution is -0.127. The molecule has 5 nitrogen and oxygen atoms in total. The number of nitrogens with one attached hydrogen (secondary N) is 1. The Morgan fingerprint density at radius 1 is 1.53 bits per heavy atom. The number of hydrogen-bond donors (Lipinski definition) is 3. The van der Waals surface area contributed by atoms with Gasteiger partial charge in [0.2, 0.25) is 11.8 Å². The van der Waals surface area contributed by atoms with Crippen LogP contribution in [0.5, 0.6) is 0 Å². The minimum atomic E-state index is -0.760. The number of hydrogen-bond acceptors (Lipinski definition) is 3. The molecule has 5 N–H and O–H groups in total. The Morgan fingerprint density at radius 2 is 2.07 bits per heavy atom. The molecule has 0 saturated heterocycles. The van der Waals surface area contributed by atoms with Gasteiger partial charge in [0, 0.05) is 6.54 Å². The van der Waals surface area contributed by atoms with E-state index in [0.29, 0.717) is 6.42 Å². The molecule has 0 aromatic carbocycles. The molecule has 2 amide bonds. The van der Waals surface area contributed by atoms with E-state index < -0.39 is 17.4 Å². The minimum absolute atomic E-state index is 0.187. The summed E-state index contributed by atoms with van der Waals surface area (Å²) in [7, 11) is 0. The third-order valence-electron chi connectivity index (χ3n) is 2.13. The zero-order valence-corrected chi connectivity index (χ0v) is 9.25. The fraction of sp³-hybridized carbons (Fsp3) is 0.600. The zero-order valence-electron chi connectivity index (χ0n) is 9.25. The molecule has 0 aliphatic heterocycles. The summed E-state index contributed by atoms with van der Waals surface area (Å²) in [4.78, 5) is 22.3. The first kappa shape index (κ1) is 13.6. The van der Waals surface area contributed by atoms with Crippen LogP contribution >= 0.6 is 0 Å². The van der Waals surface area contributed by atoms with Gasteiger partial charge in [0.1, 0.15) is 0 Å². The second-order valence-corrected chi connectivity index (χ2v) is 4.10. The standard InChI is InChI=1S/C10H19N3O2/c1-4-5-7(11)8(14)13-6-10(2,3)9(12)15/h4,7H,1,5-6,11H2,2-3H3,(H2,12,15)(H,13,14). The summed E-state index contributed by atoms with van der Waals surface area (Å²) >= 11 is 0. The molecule has 0 aromatic rings. The first-order valence-corrected chi connectivity index (χ1v) is 4.75. The molecule has 1 atom stereocenters.